The first-order chi connectivity index (χ1) is 9.65. The number of hydrogen-bond donors (Lipinski definition) is 1. The lowest BCUT2D eigenvalue weighted by molar-refractivity contribution is 0.0411. The van der Waals surface area contributed by atoms with Crippen LogP contribution >= 0.6 is 0 Å². The van der Waals surface area contributed by atoms with E-state index >= 15 is 0 Å². The van der Waals surface area contributed by atoms with Crippen LogP contribution in [0.3, 0.4) is 0 Å². The Bertz CT molecular complexity index is 467. The van der Waals surface area contributed by atoms with E-state index < -0.39 is 6.10 Å². The average molecular weight is 277 g/mol. The van der Waals surface area contributed by atoms with Crippen molar-refractivity contribution in [3.05, 3.63) is 23.8 Å². The summed E-state index contributed by atoms with van der Waals surface area (Å²) in [5.41, 5.74) is 0.902. The molecule has 2 heterocycles. The van der Waals surface area contributed by atoms with Gasteiger partial charge in [-0.3, -0.25) is 4.90 Å². The number of ether oxygens (including phenoxy) is 2. The van der Waals surface area contributed by atoms with Crippen molar-refractivity contribution in [2.75, 3.05) is 13.3 Å². The highest BCUT2D eigenvalue weighted by molar-refractivity contribution is 5.45. The summed E-state index contributed by atoms with van der Waals surface area (Å²) >= 11 is 0. The lowest BCUT2D eigenvalue weighted by Crippen LogP contribution is -2.45. The number of rotatable bonds is 3. The number of aliphatic hydroxyl groups is 1. The zero-order valence-corrected chi connectivity index (χ0v) is 12.2. The normalized spacial score (nSPS) is 27.6. The molecule has 1 N–H and O–H groups in total. The molecule has 0 aromatic heterocycles. The summed E-state index contributed by atoms with van der Waals surface area (Å²) in [5.74, 6) is 1.50. The molecule has 0 amide bonds. The molecule has 0 radical (unpaired) electrons. The third kappa shape index (κ3) is 2.63. The number of hydrogen-bond acceptors (Lipinski definition) is 4. The van der Waals surface area contributed by atoms with Gasteiger partial charge in [-0.25, -0.2) is 0 Å². The van der Waals surface area contributed by atoms with Gasteiger partial charge < -0.3 is 14.6 Å². The third-order valence-electron chi connectivity index (χ3n) is 4.54. The predicted molar refractivity (Wildman–Crippen MR) is 77.0 cm³/mol. The Morgan fingerprint density at radius 3 is 2.65 bits per heavy atom. The van der Waals surface area contributed by atoms with Gasteiger partial charge in [-0.1, -0.05) is 12.5 Å². The highest BCUT2D eigenvalue weighted by Gasteiger charge is 2.27. The molecule has 0 saturated carbocycles. The second kappa shape index (κ2) is 5.62. The summed E-state index contributed by atoms with van der Waals surface area (Å²) in [7, 11) is 0. The summed E-state index contributed by atoms with van der Waals surface area (Å²) in [6.07, 6.45) is 3.25. The van der Waals surface area contributed by atoms with Crippen molar-refractivity contribution in [3.63, 3.8) is 0 Å². The van der Waals surface area contributed by atoms with Gasteiger partial charge in [-0.2, -0.15) is 0 Å². The first kappa shape index (κ1) is 13.7. The first-order valence-corrected chi connectivity index (χ1v) is 7.48. The SMILES string of the molecule is C[C@@H]1CCC[C@H](C)N1CC(O)c1ccc2c(c1)OCO2. The van der Waals surface area contributed by atoms with Crippen LogP contribution in [0, 0.1) is 0 Å². The van der Waals surface area contributed by atoms with Crippen molar-refractivity contribution in [2.24, 2.45) is 0 Å². The number of β-amino-alcohol motifs (C(OH)–C–C–N with tert-alkyl or cyclic N) is 1. The van der Waals surface area contributed by atoms with Crippen molar-refractivity contribution in [2.45, 2.75) is 51.3 Å². The van der Waals surface area contributed by atoms with Gasteiger partial charge in [0.25, 0.3) is 0 Å². The first-order valence-electron chi connectivity index (χ1n) is 7.48. The highest BCUT2D eigenvalue weighted by atomic mass is 16.7. The lowest BCUT2D eigenvalue weighted by atomic mass is 9.96. The molecule has 0 aliphatic carbocycles. The fourth-order valence-corrected chi connectivity index (χ4v) is 3.26. The number of benzene rings is 1. The smallest absolute Gasteiger partial charge is 0.231 e. The quantitative estimate of drug-likeness (QED) is 0.922. The van der Waals surface area contributed by atoms with Gasteiger partial charge in [0, 0.05) is 18.6 Å². The van der Waals surface area contributed by atoms with Crippen molar-refractivity contribution >= 4 is 0 Å². The Morgan fingerprint density at radius 2 is 1.90 bits per heavy atom. The second-order valence-electron chi connectivity index (χ2n) is 5.95. The Morgan fingerprint density at radius 1 is 1.20 bits per heavy atom. The molecule has 4 heteroatoms. The average Bonchev–Trinajstić information content (AvgIpc) is 2.90. The minimum atomic E-state index is -0.479. The van der Waals surface area contributed by atoms with Crippen LogP contribution in [0.5, 0.6) is 11.5 Å². The molecular weight excluding hydrogens is 254 g/mol. The van der Waals surface area contributed by atoms with Gasteiger partial charge in [0.15, 0.2) is 11.5 Å². The van der Waals surface area contributed by atoms with E-state index in [2.05, 4.69) is 18.7 Å². The Balaban J connectivity index is 1.70. The minimum absolute atomic E-state index is 0.273. The maximum atomic E-state index is 10.5. The molecule has 1 aromatic rings. The van der Waals surface area contributed by atoms with E-state index in [1.807, 2.05) is 18.2 Å². The maximum Gasteiger partial charge on any atom is 0.231 e. The molecule has 3 rings (SSSR count). The topological polar surface area (TPSA) is 41.9 Å². The molecule has 1 fully saturated rings. The van der Waals surface area contributed by atoms with Crippen molar-refractivity contribution in [1.82, 2.24) is 4.90 Å². The number of fused-ring (bicyclic) bond motifs is 1. The fourth-order valence-electron chi connectivity index (χ4n) is 3.26. The van der Waals surface area contributed by atoms with Crippen LogP contribution in [0.4, 0.5) is 0 Å². The molecular formula is C16H23NO3. The van der Waals surface area contributed by atoms with E-state index in [0.717, 1.165) is 17.1 Å². The van der Waals surface area contributed by atoms with Crippen LogP contribution in [0.1, 0.15) is 44.8 Å². The van der Waals surface area contributed by atoms with E-state index in [1.165, 1.54) is 19.3 Å². The van der Waals surface area contributed by atoms with E-state index in [-0.39, 0.29) is 6.79 Å². The number of likely N-dealkylation sites (tertiary alicyclic amines) is 1. The summed E-state index contributed by atoms with van der Waals surface area (Å²) in [5, 5.41) is 10.5. The fraction of sp³-hybridized carbons (Fsp3) is 0.625. The van der Waals surface area contributed by atoms with Gasteiger partial charge >= 0.3 is 0 Å². The Hall–Kier alpha value is -1.26. The van der Waals surface area contributed by atoms with Crippen molar-refractivity contribution < 1.29 is 14.6 Å². The monoisotopic (exact) mass is 277 g/mol. The van der Waals surface area contributed by atoms with Gasteiger partial charge in [-0.15, -0.1) is 0 Å². The van der Waals surface area contributed by atoms with Crippen LogP contribution in [-0.2, 0) is 0 Å². The van der Waals surface area contributed by atoms with Gasteiger partial charge in [-0.05, 0) is 44.4 Å². The van der Waals surface area contributed by atoms with Crippen LogP contribution in [0.25, 0.3) is 0 Å². The largest absolute Gasteiger partial charge is 0.454 e. The Kier molecular flexibility index (Phi) is 3.85. The van der Waals surface area contributed by atoms with Gasteiger partial charge in [0.05, 0.1) is 6.10 Å². The zero-order valence-electron chi connectivity index (χ0n) is 12.2. The second-order valence-corrected chi connectivity index (χ2v) is 5.95. The molecule has 0 spiro atoms. The molecule has 0 bridgehead atoms. The van der Waals surface area contributed by atoms with Crippen molar-refractivity contribution in [1.29, 1.82) is 0 Å². The van der Waals surface area contributed by atoms with Crippen LogP contribution in [0.15, 0.2) is 18.2 Å². The molecule has 2 aliphatic heterocycles. The van der Waals surface area contributed by atoms with E-state index in [4.69, 9.17) is 9.47 Å². The number of piperidine rings is 1. The summed E-state index contributed by atoms with van der Waals surface area (Å²) in [6, 6.07) is 6.79. The van der Waals surface area contributed by atoms with Crippen molar-refractivity contribution in [3.8, 4) is 11.5 Å². The lowest BCUT2D eigenvalue weighted by Gasteiger charge is -2.40. The standard InChI is InChI=1S/C16H23NO3/c1-11-4-3-5-12(2)17(11)9-14(18)13-6-7-15-16(8-13)20-10-19-15/h6-8,11-12,14,18H,3-5,9-10H2,1-2H3/t11-,12+,14?. The highest BCUT2D eigenvalue weighted by Crippen LogP contribution is 2.35. The van der Waals surface area contributed by atoms with Crippen LogP contribution in [0.2, 0.25) is 0 Å². The summed E-state index contributed by atoms with van der Waals surface area (Å²) in [4.78, 5) is 2.42. The molecule has 2 aliphatic rings. The predicted octanol–water partition coefficient (Wildman–Crippen LogP) is 2.71. The Labute approximate surface area is 120 Å². The molecule has 20 heavy (non-hydrogen) atoms. The molecule has 4 nitrogen and oxygen atoms in total. The zero-order chi connectivity index (χ0) is 14.1. The van der Waals surface area contributed by atoms with E-state index in [9.17, 15) is 5.11 Å². The van der Waals surface area contributed by atoms with E-state index in [0.29, 0.717) is 18.6 Å². The summed E-state index contributed by atoms with van der Waals surface area (Å²) in [6.45, 7) is 5.46. The van der Waals surface area contributed by atoms with E-state index in [1.54, 1.807) is 0 Å². The molecule has 1 aromatic carbocycles. The molecule has 1 saturated heterocycles. The minimum Gasteiger partial charge on any atom is -0.454 e. The van der Waals surface area contributed by atoms with Gasteiger partial charge in [0.1, 0.15) is 0 Å². The van der Waals surface area contributed by atoms with Gasteiger partial charge in [0.2, 0.25) is 6.79 Å². The molecule has 3 atom stereocenters. The van der Waals surface area contributed by atoms with Crippen LogP contribution in [-0.4, -0.2) is 35.4 Å². The maximum absolute atomic E-state index is 10.5. The third-order valence-corrected chi connectivity index (χ3v) is 4.54. The molecule has 1 unspecified atom stereocenters. The van der Waals surface area contributed by atoms with Crippen LogP contribution < -0.4 is 9.47 Å². The molecule has 110 valence electrons. The number of nitrogens with zero attached hydrogens (tertiary/aromatic N) is 1. The summed E-state index contributed by atoms with van der Waals surface area (Å²) < 4.78 is 10.7. The number of aliphatic hydroxyl groups excluding tert-OH is 1.